The summed E-state index contributed by atoms with van der Waals surface area (Å²) < 4.78 is 5.19. The van der Waals surface area contributed by atoms with Gasteiger partial charge in [-0.25, -0.2) is 4.79 Å². The van der Waals surface area contributed by atoms with Crippen LogP contribution >= 0.6 is 15.9 Å². The SMILES string of the molecule is COC(=O)N(O)c1ccc(Br)cc1. The summed E-state index contributed by atoms with van der Waals surface area (Å²) in [5.41, 5.74) is 0.357. The van der Waals surface area contributed by atoms with E-state index in [-0.39, 0.29) is 0 Å². The van der Waals surface area contributed by atoms with E-state index in [1.165, 1.54) is 7.11 Å². The van der Waals surface area contributed by atoms with Crippen molar-refractivity contribution < 1.29 is 14.7 Å². The summed E-state index contributed by atoms with van der Waals surface area (Å²) in [6, 6.07) is 6.59. The lowest BCUT2D eigenvalue weighted by Crippen LogP contribution is -2.26. The molecule has 13 heavy (non-hydrogen) atoms. The Bertz CT molecular complexity index is 299. The van der Waals surface area contributed by atoms with Crippen LogP contribution in [0.15, 0.2) is 28.7 Å². The van der Waals surface area contributed by atoms with Crippen molar-refractivity contribution in [1.82, 2.24) is 0 Å². The molecule has 1 amide bonds. The number of rotatable bonds is 1. The third kappa shape index (κ3) is 2.43. The lowest BCUT2D eigenvalue weighted by Gasteiger charge is -2.12. The number of carbonyl (C=O) groups is 1. The summed E-state index contributed by atoms with van der Waals surface area (Å²) in [4.78, 5) is 10.8. The lowest BCUT2D eigenvalue weighted by molar-refractivity contribution is 0.141. The van der Waals surface area contributed by atoms with Gasteiger partial charge in [-0.05, 0) is 24.3 Å². The molecule has 0 spiro atoms. The van der Waals surface area contributed by atoms with Crippen molar-refractivity contribution in [3.63, 3.8) is 0 Å². The van der Waals surface area contributed by atoms with Crippen molar-refractivity contribution in [3.05, 3.63) is 28.7 Å². The Balaban J connectivity index is 2.83. The van der Waals surface area contributed by atoms with Crippen LogP contribution in [0.3, 0.4) is 0 Å². The summed E-state index contributed by atoms with van der Waals surface area (Å²) in [5, 5.41) is 9.66. The molecule has 1 rings (SSSR count). The van der Waals surface area contributed by atoms with Crippen molar-refractivity contribution >= 4 is 27.7 Å². The van der Waals surface area contributed by atoms with E-state index in [1.807, 2.05) is 0 Å². The first-order chi connectivity index (χ1) is 6.15. The standard InChI is InChI=1S/C8H8BrNO3/c1-13-8(11)10(12)7-4-2-6(9)3-5-7/h2-5,12H,1H3. The molecule has 0 bridgehead atoms. The molecule has 0 heterocycles. The van der Waals surface area contributed by atoms with E-state index < -0.39 is 6.09 Å². The minimum atomic E-state index is -0.817. The number of ether oxygens (including phenoxy) is 1. The van der Waals surface area contributed by atoms with Gasteiger partial charge >= 0.3 is 6.09 Å². The summed E-state index contributed by atoms with van der Waals surface area (Å²) in [6.07, 6.45) is -0.817. The topological polar surface area (TPSA) is 49.8 Å². The first-order valence-corrected chi connectivity index (χ1v) is 4.27. The van der Waals surface area contributed by atoms with E-state index in [4.69, 9.17) is 0 Å². The van der Waals surface area contributed by atoms with Crippen LogP contribution in [0.25, 0.3) is 0 Å². The average molecular weight is 246 g/mol. The van der Waals surface area contributed by atoms with Crippen LogP contribution < -0.4 is 5.06 Å². The highest BCUT2D eigenvalue weighted by molar-refractivity contribution is 9.10. The van der Waals surface area contributed by atoms with Gasteiger partial charge in [-0.15, -0.1) is 0 Å². The van der Waals surface area contributed by atoms with Gasteiger partial charge in [0, 0.05) is 4.47 Å². The fourth-order valence-electron chi connectivity index (χ4n) is 0.774. The molecule has 0 aliphatic rings. The smallest absolute Gasteiger partial charge is 0.438 e. The maximum atomic E-state index is 10.8. The number of amides is 1. The highest BCUT2D eigenvalue weighted by Crippen LogP contribution is 2.17. The van der Waals surface area contributed by atoms with Gasteiger partial charge in [0.25, 0.3) is 0 Å². The molecule has 0 saturated carbocycles. The Morgan fingerprint density at radius 1 is 1.46 bits per heavy atom. The molecule has 0 aliphatic carbocycles. The van der Waals surface area contributed by atoms with Gasteiger partial charge in [-0.1, -0.05) is 15.9 Å². The number of anilines is 1. The Hall–Kier alpha value is -1.07. The highest BCUT2D eigenvalue weighted by Gasteiger charge is 2.12. The number of hydrogen-bond acceptors (Lipinski definition) is 3. The minimum absolute atomic E-state index is 0.357. The molecule has 0 radical (unpaired) electrons. The van der Waals surface area contributed by atoms with Crippen LogP contribution in [0.4, 0.5) is 10.5 Å². The second-order valence-corrected chi connectivity index (χ2v) is 3.17. The summed E-state index contributed by atoms with van der Waals surface area (Å²) in [7, 11) is 1.20. The number of hydroxylamine groups is 1. The minimum Gasteiger partial charge on any atom is -0.451 e. The lowest BCUT2D eigenvalue weighted by atomic mass is 10.3. The van der Waals surface area contributed by atoms with Crippen LogP contribution in [-0.4, -0.2) is 18.4 Å². The molecule has 5 heteroatoms. The van der Waals surface area contributed by atoms with Crippen molar-refractivity contribution in [2.45, 2.75) is 0 Å². The molecule has 1 N–H and O–H groups in total. The van der Waals surface area contributed by atoms with Crippen LogP contribution in [0.1, 0.15) is 0 Å². The molecular formula is C8H8BrNO3. The molecular weight excluding hydrogens is 238 g/mol. The second-order valence-electron chi connectivity index (χ2n) is 2.26. The Morgan fingerprint density at radius 2 is 2.00 bits per heavy atom. The Morgan fingerprint density at radius 3 is 2.46 bits per heavy atom. The first-order valence-electron chi connectivity index (χ1n) is 3.47. The Labute approximate surface area is 83.8 Å². The molecule has 0 aromatic heterocycles. The number of nitrogens with zero attached hydrogens (tertiary/aromatic N) is 1. The van der Waals surface area contributed by atoms with Gasteiger partial charge in [-0.2, -0.15) is 5.06 Å². The van der Waals surface area contributed by atoms with E-state index >= 15 is 0 Å². The zero-order chi connectivity index (χ0) is 9.84. The number of carbonyl (C=O) groups excluding carboxylic acids is 1. The van der Waals surface area contributed by atoms with Gasteiger partial charge in [0.2, 0.25) is 0 Å². The summed E-state index contributed by atoms with van der Waals surface area (Å²) in [5.74, 6) is 0. The van der Waals surface area contributed by atoms with Crippen molar-refractivity contribution in [3.8, 4) is 0 Å². The van der Waals surface area contributed by atoms with Crippen molar-refractivity contribution in [1.29, 1.82) is 0 Å². The maximum Gasteiger partial charge on any atom is 0.438 e. The van der Waals surface area contributed by atoms with Gasteiger partial charge in [-0.3, -0.25) is 5.21 Å². The average Bonchev–Trinajstić information content (AvgIpc) is 2.17. The van der Waals surface area contributed by atoms with Gasteiger partial charge < -0.3 is 4.74 Å². The molecule has 0 unspecified atom stereocenters. The fraction of sp³-hybridized carbons (Fsp3) is 0.125. The fourth-order valence-corrected chi connectivity index (χ4v) is 1.04. The van der Waals surface area contributed by atoms with Gasteiger partial charge in [0.15, 0.2) is 0 Å². The van der Waals surface area contributed by atoms with Crippen molar-refractivity contribution in [2.24, 2.45) is 0 Å². The number of benzene rings is 1. The maximum absolute atomic E-state index is 10.8. The zero-order valence-electron chi connectivity index (χ0n) is 6.90. The van der Waals surface area contributed by atoms with E-state index in [1.54, 1.807) is 24.3 Å². The van der Waals surface area contributed by atoms with Crippen LogP contribution in [0.5, 0.6) is 0 Å². The molecule has 0 atom stereocenters. The molecule has 70 valence electrons. The molecule has 0 fully saturated rings. The zero-order valence-corrected chi connectivity index (χ0v) is 8.48. The predicted octanol–water partition coefficient (Wildman–Crippen LogP) is 2.41. The van der Waals surface area contributed by atoms with Gasteiger partial charge in [0.1, 0.15) is 0 Å². The third-order valence-corrected chi connectivity index (χ3v) is 1.95. The predicted molar refractivity (Wildman–Crippen MR) is 50.8 cm³/mol. The van der Waals surface area contributed by atoms with E-state index in [2.05, 4.69) is 20.7 Å². The summed E-state index contributed by atoms with van der Waals surface area (Å²) in [6.45, 7) is 0. The number of methoxy groups -OCH3 is 1. The van der Waals surface area contributed by atoms with Crippen LogP contribution in [0.2, 0.25) is 0 Å². The van der Waals surface area contributed by atoms with Crippen LogP contribution in [-0.2, 0) is 4.74 Å². The Kier molecular flexibility index (Phi) is 3.27. The quantitative estimate of drug-likeness (QED) is 0.611. The van der Waals surface area contributed by atoms with E-state index in [0.29, 0.717) is 10.8 Å². The molecule has 1 aromatic rings. The molecule has 1 aromatic carbocycles. The van der Waals surface area contributed by atoms with E-state index in [9.17, 15) is 10.0 Å². The first kappa shape index (κ1) is 10.0. The molecule has 4 nitrogen and oxygen atoms in total. The normalized spacial score (nSPS) is 9.46. The van der Waals surface area contributed by atoms with Crippen LogP contribution in [0, 0.1) is 0 Å². The molecule has 0 saturated heterocycles. The summed E-state index contributed by atoms with van der Waals surface area (Å²) >= 11 is 3.23. The third-order valence-electron chi connectivity index (χ3n) is 1.42. The van der Waals surface area contributed by atoms with Gasteiger partial charge in [0.05, 0.1) is 12.8 Å². The van der Waals surface area contributed by atoms with E-state index in [0.717, 1.165) is 4.47 Å². The largest absolute Gasteiger partial charge is 0.451 e. The van der Waals surface area contributed by atoms with Crippen molar-refractivity contribution in [2.75, 3.05) is 12.2 Å². The second kappa shape index (κ2) is 4.25. The monoisotopic (exact) mass is 245 g/mol. The number of halogens is 1. The highest BCUT2D eigenvalue weighted by atomic mass is 79.9. The number of hydrogen-bond donors (Lipinski definition) is 1. The molecule has 0 aliphatic heterocycles.